The van der Waals surface area contributed by atoms with Gasteiger partial charge in [0.1, 0.15) is 5.82 Å². The van der Waals surface area contributed by atoms with Gasteiger partial charge in [-0.1, -0.05) is 0 Å². The van der Waals surface area contributed by atoms with E-state index in [0.29, 0.717) is 11.5 Å². The number of carbonyl (C=O) groups is 1. The Morgan fingerprint density at radius 3 is 2.44 bits per heavy atom. The van der Waals surface area contributed by atoms with Crippen LogP contribution in [-0.2, 0) is 0 Å². The Morgan fingerprint density at radius 1 is 1.56 bits per heavy atom. The van der Waals surface area contributed by atoms with E-state index in [4.69, 9.17) is 5.73 Å². The van der Waals surface area contributed by atoms with Crippen molar-refractivity contribution in [1.82, 2.24) is 4.98 Å². The Balaban J connectivity index is 0.000000640. The van der Waals surface area contributed by atoms with Crippen LogP contribution in [0, 0.1) is 0 Å². The largest absolute Gasteiger partial charge is 0.385 e. The normalized spacial score (nSPS) is 8.00. The van der Waals surface area contributed by atoms with E-state index in [9.17, 15) is 4.79 Å². The monoisotopic (exact) mass is 146 g/mol. The van der Waals surface area contributed by atoms with E-state index in [1.165, 1.54) is 0 Å². The predicted molar refractivity (Wildman–Crippen MR) is 37.8 cm³/mol. The molecule has 1 heterocycles. The van der Waals surface area contributed by atoms with Crippen LogP contribution in [0.5, 0.6) is 0 Å². The van der Waals surface area contributed by atoms with Crippen molar-refractivity contribution < 1.29 is 4.79 Å². The average molecular weight is 147 g/mol. The number of rotatable bonds is 1. The van der Waals surface area contributed by atoms with Crippen LogP contribution in [0.1, 0.15) is 10.5 Å². The van der Waals surface area contributed by atoms with E-state index >= 15 is 0 Å². The average Bonchev–Trinajstić information content (AvgIpc) is 2.14. The molecule has 0 aromatic carbocycles. The summed E-state index contributed by atoms with van der Waals surface area (Å²) in [6.45, 7) is 0. The number of halogens is 1. The molecular formula is C5H7ClN2O. The molecule has 0 bridgehead atoms. The highest BCUT2D eigenvalue weighted by atomic mass is 35.5. The number of aldehydes is 1. The van der Waals surface area contributed by atoms with Gasteiger partial charge >= 0.3 is 0 Å². The summed E-state index contributed by atoms with van der Waals surface area (Å²) in [5.74, 6) is 0.520. The lowest BCUT2D eigenvalue weighted by atomic mass is 10.5. The SMILES string of the molecule is Cl.Nc1ccc(C=O)[nH]1. The van der Waals surface area contributed by atoms with Crippen LogP contribution in [0.25, 0.3) is 0 Å². The first-order chi connectivity index (χ1) is 3.83. The zero-order chi connectivity index (χ0) is 5.98. The molecule has 0 radical (unpaired) electrons. The molecule has 1 rings (SSSR count). The summed E-state index contributed by atoms with van der Waals surface area (Å²) in [6, 6.07) is 3.27. The highest BCUT2D eigenvalue weighted by molar-refractivity contribution is 5.85. The van der Waals surface area contributed by atoms with Crippen molar-refractivity contribution in [2.45, 2.75) is 0 Å². The maximum Gasteiger partial charge on any atom is 0.166 e. The van der Waals surface area contributed by atoms with E-state index < -0.39 is 0 Å². The quantitative estimate of drug-likeness (QED) is 0.577. The Bertz CT molecular complexity index is 197. The van der Waals surface area contributed by atoms with Gasteiger partial charge in [-0.25, -0.2) is 0 Å². The number of hydrogen-bond acceptors (Lipinski definition) is 2. The first-order valence-corrected chi connectivity index (χ1v) is 2.22. The molecule has 0 aliphatic heterocycles. The van der Waals surface area contributed by atoms with Crippen molar-refractivity contribution in [3.05, 3.63) is 17.8 Å². The molecule has 0 aliphatic rings. The molecule has 4 heteroatoms. The molecule has 0 fully saturated rings. The lowest BCUT2D eigenvalue weighted by molar-refractivity contribution is 0.111. The second-order valence-corrected chi connectivity index (χ2v) is 1.49. The fourth-order valence-electron chi connectivity index (χ4n) is 0.498. The highest BCUT2D eigenvalue weighted by Crippen LogP contribution is 1.98. The number of nitrogen functional groups attached to an aromatic ring is 1. The molecule has 1 aromatic rings. The number of hydrogen-bond donors (Lipinski definition) is 2. The van der Waals surface area contributed by atoms with Crippen LogP contribution in [0.4, 0.5) is 5.82 Å². The van der Waals surface area contributed by atoms with Gasteiger partial charge < -0.3 is 10.7 Å². The molecule has 1 aromatic heterocycles. The maximum absolute atomic E-state index is 9.93. The number of aromatic amines is 1. The molecule has 0 aliphatic carbocycles. The van der Waals surface area contributed by atoms with Crippen LogP contribution in [0.2, 0.25) is 0 Å². The van der Waals surface area contributed by atoms with Crippen molar-refractivity contribution in [3.63, 3.8) is 0 Å². The third-order valence-corrected chi connectivity index (χ3v) is 0.858. The second kappa shape index (κ2) is 3.14. The molecular weight excluding hydrogens is 140 g/mol. The van der Waals surface area contributed by atoms with Gasteiger partial charge in [-0.2, -0.15) is 0 Å². The van der Waals surface area contributed by atoms with Gasteiger partial charge in [0.15, 0.2) is 6.29 Å². The van der Waals surface area contributed by atoms with Crippen molar-refractivity contribution in [3.8, 4) is 0 Å². The minimum atomic E-state index is 0. The summed E-state index contributed by atoms with van der Waals surface area (Å²) in [4.78, 5) is 12.6. The van der Waals surface area contributed by atoms with Crippen LogP contribution in [0.3, 0.4) is 0 Å². The molecule has 3 N–H and O–H groups in total. The Morgan fingerprint density at radius 2 is 2.22 bits per heavy atom. The molecule has 0 saturated carbocycles. The topological polar surface area (TPSA) is 58.9 Å². The van der Waals surface area contributed by atoms with Crippen LogP contribution >= 0.6 is 12.4 Å². The van der Waals surface area contributed by atoms with E-state index in [1.807, 2.05) is 0 Å². The fourth-order valence-corrected chi connectivity index (χ4v) is 0.498. The molecule has 9 heavy (non-hydrogen) atoms. The first-order valence-electron chi connectivity index (χ1n) is 2.22. The van der Waals surface area contributed by atoms with Gasteiger partial charge in [0.25, 0.3) is 0 Å². The third-order valence-electron chi connectivity index (χ3n) is 0.858. The van der Waals surface area contributed by atoms with Crippen LogP contribution < -0.4 is 5.73 Å². The third kappa shape index (κ3) is 1.77. The Hall–Kier alpha value is -0.960. The molecule has 50 valence electrons. The van der Waals surface area contributed by atoms with Gasteiger partial charge in [0, 0.05) is 0 Å². The Labute approximate surface area is 58.7 Å². The molecule has 0 atom stereocenters. The molecule has 0 saturated heterocycles. The molecule has 0 amide bonds. The van der Waals surface area contributed by atoms with E-state index in [-0.39, 0.29) is 12.4 Å². The highest BCUT2D eigenvalue weighted by Gasteiger charge is 1.88. The Kier molecular flexibility index (Phi) is 2.81. The lowest BCUT2D eigenvalue weighted by Gasteiger charge is -1.77. The zero-order valence-corrected chi connectivity index (χ0v) is 5.44. The fraction of sp³-hybridized carbons (Fsp3) is 0. The molecule has 0 spiro atoms. The number of anilines is 1. The lowest BCUT2D eigenvalue weighted by Crippen LogP contribution is -1.83. The predicted octanol–water partition coefficient (Wildman–Crippen LogP) is 0.831. The van der Waals surface area contributed by atoms with E-state index in [1.54, 1.807) is 12.1 Å². The van der Waals surface area contributed by atoms with Crippen LogP contribution in [0.15, 0.2) is 12.1 Å². The van der Waals surface area contributed by atoms with Crippen molar-refractivity contribution in [2.75, 3.05) is 5.73 Å². The van der Waals surface area contributed by atoms with E-state index in [2.05, 4.69) is 4.98 Å². The summed E-state index contributed by atoms with van der Waals surface area (Å²) in [6.07, 6.45) is 0.719. The smallest absolute Gasteiger partial charge is 0.166 e. The number of aromatic nitrogens is 1. The summed E-state index contributed by atoms with van der Waals surface area (Å²) < 4.78 is 0. The summed E-state index contributed by atoms with van der Waals surface area (Å²) in [5, 5.41) is 0. The molecule has 3 nitrogen and oxygen atoms in total. The second-order valence-electron chi connectivity index (χ2n) is 1.49. The van der Waals surface area contributed by atoms with Gasteiger partial charge in [-0.15, -0.1) is 12.4 Å². The summed E-state index contributed by atoms with van der Waals surface area (Å²) >= 11 is 0. The van der Waals surface area contributed by atoms with Gasteiger partial charge in [-0.3, -0.25) is 4.79 Å². The minimum Gasteiger partial charge on any atom is -0.385 e. The van der Waals surface area contributed by atoms with Crippen LogP contribution in [-0.4, -0.2) is 11.3 Å². The summed E-state index contributed by atoms with van der Waals surface area (Å²) in [7, 11) is 0. The first kappa shape index (κ1) is 8.04. The standard InChI is InChI=1S/C5H6N2O.ClH/c6-5-2-1-4(3-8)7-5;/h1-3,7H,6H2;1H. The van der Waals surface area contributed by atoms with Crippen molar-refractivity contribution in [2.24, 2.45) is 0 Å². The minimum absolute atomic E-state index is 0. The molecule has 0 unspecified atom stereocenters. The van der Waals surface area contributed by atoms with E-state index in [0.717, 1.165) is 6.29 Å². The number of nitrogens with one attached hydrogen (secondary N) is 1. The zero-order valence-electron chi connectivity index (χ0n) is 4.63. The van der Waals surface area contributed by atoms with Crippen molar-refractivity contribution >= 4 is 24.5 Å². The summed E-state index contributed by atoms with van der Waals surface area (Å²) in [5.41, 5.74) is 5.76. The number of nitrogens with two attached hydrogens (primary N) is 1. The van der Waals surface area contributed by atoms with Gasteiger partial charge in [0.2, 0.25) is 0 Å². The number of carbonyl (C=O) groups excluding carboxylic acids is 1. The van der Waals surface area contributed by atoms with Gasteiger partial charge in [-0.05, 0) is 12.1 Å². The maximum atomic E-state index is 9.93. The number of H-pyrrole nitrogens is 1. The van der Waals surface area contributed by atoms with Gasteiger partial charge in [0.05, 0.1) is 5.69 Å². The van der Waals surface area contributed by atoms with Crippen molar-refractivity contribution in [1.29, 1.82) is 0 Å².